The number of nitrogens with zero attached hydrogens (tertiary/aromatic N) is 1. The summed E-state index contributed by atoms with van der Waals surface area (Å²) in [4.78, 5) is 25.7. The summed E-state index contributed by atoms with van der Waals surface area (Å²) < 4.78 is 11.5. The molecule has 0 saturated carbocycles. The van der Waals surface area contributed by atoms with Gasteiger partial charge in [-0.15, -0.1) is 0 Å². The first kappa shape index (κ1) is 20.5. The highest BCUT2D eigenvalue weighted by Gasteiger charge is 2.27. The average Bonchev–Trinajstić information content (AvgIpc) is 2.91. The van der Waals surface area contributed by atoms with Crippen LogP contribution >= 0.6 is 0 Å². The molecule has 1 saturated heterocycles. The maximum absolute atomic E-state index is 12.6. The van der Waals surface area contributed by atoms with Crippen LogP contribution in [-0.4, -0.2) is 54.7 Å². The lowest BCUT2D eigenvalue weighted by molar-refractivity contribution is -0.143. The van der Waals surface area contributed by atoms with Crippen molar-refractivity contribution in [1.82, 2.24) is 10.2 Å². The second kappa shape index (κ2) is 9.28. The van der Waals surface area contributed by atoms with Crippen LogP contribution in [0.5, 0.6) is 11.5 Å². The summed E-state index contributed by atoms with van der Waals surface area (Å²) in [7, 11) is 0. The largest absolute Gasteiger partial charge is 0.490 e. The minimum absolute atomic E-state index is 0.0420. The van der Waals surface area contributed by atoms with Gasteiger partial charge in [-0.3, -0.25) is 14.5 Å². The van der Waals surface area contributed by atoms with Gasteiger partial charge >= 0.3 is 5.97 Å². The topological polar surface area (TPSA) is 88.1 Å². The lowest BCUT2D eigenvalue weighted by atomic mass is 9.95. The van der Waals surface area contributed by atoms with E-state index in [9.17, 15) is 9.59 Å². The standard InChI is InChI=1S/C21H30N2O5/c1-14(2)20(16-4-5-17-18(12-16)28-11-3-10-27-17)22-19(24)13-23-8-6-15(7-9-23)21(25)26/h4-5,12,14-15,20H,3,6-11,13H2,1-2H3,(H,22,24)(H,25,26). The van der Waals surface area contributed by atoms with Crippen molar-refractivity contribution in [1.29, 1.82) is 0 Å². The fourth-order valence-electron chi connectivity index (χ4n) is 3.77. The van der Waals surface area contributed by atoms with Gasteiger partial charge in [0.2, 0.25) is 5.91 Å². The highest BCUT2D eigenvalue weighted by Crippen LogP contribution is 2.34. The summed E-state index contributed by atoms with van der Waals surface area (Å²) in [5.74, 6) is 0.621. The fourth-order valence-corrected chi connectivity index (χ4v) is 3.77. The highest BCUT2D eigenvalue weighted by molar-refractivity contribution is 5.78. The summed E-state index contributed by atoms with van der Waals surface area (Å²) in [5.41, 5.74) is 0.997. The summed E-state index contributed by atoms with van der Waals surface area (Å²) in [5, 5.41) is 12.2. The van der Waals surface area contributed by atoms with E-state index in [0.29, 0.717) is 45.7 Å². The third kappa shape index (κ3) is 5.16. The second-order valence-electron chi connectivity index (χ2n) is 7.93. The number of benzene rings is 1. The number of carbonyl (C=O) groups is 2. The number of carboxylic acids is 1. The van der Waals surface area contributed by atoms with Crippen LogP contribution in [0.15, 0.2) is 18.2 Å². The number of piperidine rings is 1. The number of rotatable bonds is 6. The maximum Gasteiger partial charge on any atom is 0.306 e. The molecule has 2 heterocycles. The molecule has 0 aliphatic carbocycles. The molecule has 1 amide bonds. The molecule has 0 aromatic heterocycles. The van der Waals surface area contributed by atoms with E-state index in [1.165, 1.54) is 0 Å². The van der Waals surface area contributed by atoms with Crippen LogP contribution in [-0.2, 0) is 9.59 Å². The summed E-state index contributed by atoms with van der Waals surface area (Å²) in [6.45, 7) is 7.00. The van der Waals surface area contributed by atoms with Crippen molar-refractivity contribution in [2.75, 3.05) is 32.8 Å². The van der Waals surface area contributed by atoms with E-state index in [1.54, 1.807) is 0 Å². The maximum atomic E-state index is 12.6. The SMILES string of the molecule is CC(C)C(NC(=O)CN1CCC(C(=O)O)CC1)c1ccc2c(c1)OCCCO2. The van der Waals surface area contributed by atoms with Crippen molar-refractivity contribution in [3.8, 4) is 11.5 Å². The van der Waals surface area contributed by atoms with Crippen LogP contribution in [0.3, 0.4) is 0 Å². The number of hydrogen-bond acceptors (Lipinski definition) is 5. The van der Waals surface area contributed by atoms with Crippen LogP contribution in [0.25, 0.3) is 0 Å². The zero-order valence-electron chi connectivity index (χ0n) is 16.6. The lowest BCUT2D eigenvalue weighted by Crippen LogP contribution is -2.44. The Balaban J connectivity index is 1.61. The van der Waals surface area contributed by atoms with Crippen LogP contribution in [0, 0.1) is 11.8 Å². The molecule has 1 atom stereocenters. The molecular formula is C21H30N2O5. The van der Waals surface area contributed by atoms with Gasteiger partial charge in [0.25, 0.3) is 0 Å². The highest BCUT2D eigenvalue weighted by atomic mass is 16.5. The molecule has 1 aromatic carbocycles. The first-order chi connectivity index (χ1) is 13.4. The number of amides is 1. The molecule has 0 spiro atoms. The van der Waals surface area contributed by atoms with Gasteiger partial charge < -0.3 is 19.9 Å². The summed E-state index contributed by atoms with van der Waals surface area (Å²) >= 11 is 0. The Morgan fingerprint density at radius 2 is 1.86 bits per heavy atom. The molecule has 2 N–H and O–H groups in total. The third-order valence-corrected chi connectivity index (χ3v) is 5.42. The van der Waals surface area contributed by atoms with Crippen molar-refractivity contribution in [2.24, 2.45) is 11.8 Å². The predicted molar refractivity (Wildman–Crippen MR) is 105 cm³/mol. The van der Waals surface area contributed by atoms with E-state index < -0.39 is 5.97 Å². The van der Waals surface area contributed by atoms with Gasteiger partial charge in [0.05, 0.1) is 31.7 Å². The van der Waals surface area contributed by atoms with Crippen LogP contribution in [0.4, 0.5) is 0 Å². The Bertz CT molecular complexity index is 698. The van der Waals surface area contributed by atoms with Gasteiger partial charge in [0.15, 0.2) is 11.5 Å². The minimum Gasteiger partial charge on any atom is -0.490 e. The minimum atomic E-state index is -0.738. The van der Waals surface area contributed by atoms with Crippen LogP contribution in [0.2, 0.25) is 0 Å². The van der Waals surface area contributed by atoms with Crippen molar-refractivity contribution in [3.63, 3.8) is 0 Å². The molecule has 1 aromatic rings. The number of fused-ring (bicyclic) bond motifs is 1. The molecular weight excluding hydrogens is 360 g/mol. The first-order valence-electron chi connectivity index (χ1n) is 10.1. The molecule has 0 radical (unpaired) electrons. The van der Waals surface area contributed by atoms with Crippen LogP contribution < -0.4 is 14.8 Å². The normalized spacial score (nSPS) is 19.1. The van der Waals surface area contributed by atoms with E-state index in [0.717, 1.165) is 23.5 Å². The Labute approximate surface area is 166 Å². The zero-order valence-corrected chi connectivity index (χ0v) is 16.6. The Morgan fingerprint density at radius 3 is 2.50 bits per heavy atom. The molecule has 7 nitrogen and oxygen atoms in total. The van der Waals surface area contributed by atoms with E-state index in [2.05, 4.69) is 19.2 Å². The fraction of sp³-hybridized carbons (Fsp3) is 0.619. The van der Waals surface area contributed by atoms with Crippen molar-refractivity contribution in [2.45, 2.75) is 39.2 Å². The zero-order chi connectivity index (χ0) is 20.1. The molecule has 3 rings (SSSR count). The van der Waals surface area contributed by atoms with Crippen LogP contribution in [0.1, 0.15) is 44.7 Å². The number of carboxylic acid groups (broad SMARTS) is 1. The van der Waals surface area contributed by atoms with Crippen molar-refractivity contribution < 1.29 is 24.2 Å². The Kier molecular flexibility index (Phi) is 6.78. The summed E-state index contributed by atoms with van der Waals surface area (Å²) in [6.07, 6.45) is 2.05. The lowest BCUT2D eigenvalue weighted by Gasteiger charge is -2.30. The number of likely N-dealkylation sites (tertiary alicyclic amines) is 1. The summed E-state index contributed by atoms with van der Waals surface area (Å²) in [6, 6.07) is 5.73. The van der Waals surface area contributed by atoms with Gasteiger partial charge in [-0.05, 0) is 49.5 Å². The quantitative estimate of drug-likeness (QED) is 0.776. The van der Waals surface area contributed by atoms with Gasteiger partial charge in [0.1, 0.15) is 0 Å². The van der Waals surface area contributed by atoms with Gasteiger partial charge in [-0.2, -0.15) is 0 Å². The van der Waals surface area contributed by atoms with Gasteiger partial charge in [0, 0.05) is 6.42 Å². The van der Waals surface area contributed by atoms with Crippen molar-refractivity contribution in [3.05, 3.63) is 23.8 Å². The van der Waals surface area contributed by atoms with E-state index in [4.69, 9.17) is 14.6 Å². The molecule has 7 heteroatoms. The number of carbonyl (C=O) groups excluding carboxylic acids is 1. The molecule has 28 heavy (non-hydrogen) atoms. The first-order valence-corrected chi connectivity index (χ1v) is 10.1. The third-order valence-electron chi connectivity index (χ3n) is 5.42. The van der Waals surface area contributed by atoms with Gasteiger partial charge in [-0.1, -0.05) is 19.9 Å². The Hall–Kier alpha value is -2.28. The average molecular weight is 390 g/mol. The number of nitrogens with one attached hydrogen (secondary N) is 1. The van der Waals surface area contributed by atoms with Gasteiger partial charge in [-0.25, -0.2) is 0 Å². The predicted octanol–water partition coefficient (Wildman–Crippen LogP) is 2.46. The smallest absolute Gasteiger partial charge is 0.306 e. The molecule has 0 bridgehead atoms. The molecule has 154 valence electrons. The number of hydrogen-bond donors (Lipinski definition) is 2. The molecule has 2 aliphatic rings. The molecule has 2 aliphatic heterocycles. The number of ether oxygens (including phenoxy) is 2. The monoisotopic (exact) mass is 390 g/mol. The van der Waals surface area contributed by atoms with E-state index >= 15 is 0 Å². The molecule has 1 unspecified atom stereocenters. The Morgan fingerprint density at radius 1 is 1.18 bits per heavy atom. The van der Waals surface area contributed by atoms with E-state index in [-0.39, 0.29) is 23.8 Å². The van der Waals surface area contributed by atoms with E-state index in [1.807, 2.05) is 23.1 Å². The second-order valence-corrected chi connectivity index (χ2v) is 7.93. The molecule has 1 fully saturated rings. The number of aliphatic carboxylic acids is 1. The van der Waals surface area contributed by atoms with Crippen molar-refractivity contribution >= 4 is 11.9 Å².